The van der Waals surface area contributed by atoms with Crippen LogP contribution in [0.15, 0.2) is 10.8 Å². The number of aryl methyl sites for hydroxylation is 1. The van der Waals surface area contributed by atoms with Crippen molar-refractivity contribution in [1.82, 2.24) is 10.2 Å². The first-order chi connectivity index (χ1) is 10.3. The van der Waals surface area contributed by atoms with E-state index in [1.54, 1.807) is 5.56 Å². The molecule has 2 unspecified atom stereocenters. The minimum atomic E-state index is 0.712. The lowest BCUT2D eigenvalue weighted by atomic mass is 9.82. The summed E-state index contributed by atoms with van der Waals surface area (Å²) < 4.78 is 0. The molecule has 3 rings (SSSR count). The fraction of sp³-hybridized carbons (Fsp3) is 0.778. The quantitative estimate of drug-likeness (QED) is 0.897. The molecule has 1 aromatic rings. The third kappa shape index (κ3) is 3.69. The van der Waals surface area contributed by atoms with Crippen LogP contribution in [0.4, 0.5) is 0 Å². The molecule has 2 fully saturated rings. The molecule has 2 heterocycles. The summed E-state index contributed by atoms with van der Waals surface area (Å²) in [5.41, 5.74) is 3.02. The molecule has 0 bridgehead atoms. The second-order valence-electron chi connectivity index (χ2n) is 6.98. The van der Waals surface area contributed by atoms with Gasteiger partial charge in [0.05, 0.1) is 0 Å². The summed E-state index contributed by atoms with van der Waals surface area (Å²) in [4.78, 5) is 2.75. The molecule has 0 amide bonds. The van der Waals surface area contributed by atoms with Gasteiger partial charge in [-0.25, -0.2) is 0 Å². The molecule has 2 aliphatic rings. The molecule has 1 aromatic heterocycles. The minimum Gasteiger partial charge on any atom is -0.311 e. The van der Waals surface area contributed by atoms with E-state index in [2.05, 4.69) is 34.8 Å². The van der Waals surface area contributed by atoms with Gasteiger partial charge in [0.15, 0.2) is 0 Å². The van der Waals surface area contributed by atoms with Gasteiger partial charge in [-0.1, -0.05) is 26.2 Å². The van der Waals surface area contributed by atoms with E-state index in [-0.39, 0.29) is 0 Å². The predicted molar refractivity (Wildman–Crippen MR) is 91.9 cm³/mol. The lowest BCUT2D eigenvalue weighted by Crippen LogP contribution is -2.58. The Morgan fingerprint density at radius 3 is 2.71 bits per heavy atom. The maximum absolute atomic E-state index is 3.87. The zero-order chi connectivity index (χ0) is 14.7. The molecule has 0 aromatic carbocycles. The molecule has 0 radical (unpaired) electrons. The van der Waals surface area contributed by atoms with Crippen molar-refractivity contribution in [2.75, 3.05) is 13.1 Å². The molecule has 2 nitrogen and oxygen atoms in total. The zero-order valence-corrected chi connectivity index (χ0v) is 14.4. The largest absolute Gasteiger partial charge is 0.311 e. The van der Waals surface area contributed by atoms with Crippen LogP contribution in [0.1, 0.15) is 56.6 Å². The summed E-state index contributed by atoms with van der Waals surface area (Å²) in [5, 5.41) is 8.51. The van der Waals surface area contributed by atoms with Crippen molar-refractivity contribution in [2.24, 2.45) is 5.92 Å². The Labute approximate surface area is 133 Å². The first kappa shape index (κ1) is 15.5. The lowest BCUT2D eigenvalue weighted by Gasteiger charge is -2.44. The van der Waals surface area contributed by atoms with Gasteiger partial charge in [-0.15, -0.1) is 0 Å². The van der Waals surface area contributed by atoms with Crippen molar-refractivity contribution in [3.05, 3.63) is 21.9 Å². The Morgan fingerprint density at radius 1 is 1.24 bits per heavy atom. The van der Waals surface area contributed by atoms with Crippen LogP contribution in [0.25, 0.3) is 0 Å². The van der Waals surface area contributed by atoms with Crippen LogP contribution < -0.4 is 5.32 Å². The Balaban J connectivity index is 1.65. The van der Waals surface area contributed by atoms with Crippen LogP contribution in [0.5, 0.6) is 0 Å². The molecular formula is C18H30N2S. The SMILES string of the molecule is CCC1CNC(C2CCCCC2)CN1Cc1cscc1C. The van der Waals surface area contributed by atoms with E-state index >= 15 is 0 Å². The molecule has 0 spiro atoms. The average molecular weight is 307 g/mol. The summed E-state index contributed by atoms with van der Waals surface area (Å²) in [5.74, 6) is 0.919. The number of hydrogen-bond donors (Lipinski definition) is 1. The molecule has 1 saturated carbocycles. The van der Waals surface area contributed by atoms with Crippen LogP contribution in [0.3, 0.4) is 0 Å². The van der Waals surface area contributed by atoms with E-state index in [0.29, 0.717) is 6.04 Å². The molecule has 2 atom stereocenters. The topological polar surface area (TPSA) is 15.3 Å². The minimum absolute atomic E-state index is 0.712. The van der Waals surface area contributed by atoms with Gasteiger partial charge < -0.3 is 5.32 Å². The van der Waals surface area contributed by atoms with Gasteiger partial charge in [-0.05, 0) is 54.0 Å². The van der Waals surface area contributed by atoms with Crippen molar-refractivity contribution in [1.29, 1.82) is 0 Å². The van der Waals surface area contributed by atoms with Crippen molar-refractivity contribution in [3.8, 4) is 0 Å². The molecule has 1 aliphatic heterocycles. The Bertz CT molecular complexity index is 436. The number of rotatable bonds is 4. The van der Waals surface area contributed by atoms with E-state index in [1.807, 2.05) is 11.3 Å². The van der Waals surface area contributed by atoms with Crippen LogP contribution >= 0.6 is 11.3 Å². The van der Waals surface area contributed by atoms with Gasteiger partial charge in [0.25, 0.3) is 0 Å². The normalized spacial score (nSPS) is 28.9. The van der Waals surface area contributed by atoms with E-state index in [9.17, 15) is 0 Å². The third-order valence-electron chi connectivity index (χ3n) is 5.59. The highest BCUT2D eigenvalue weighted by Gasteiger charge is 2.32. The second-order valence-corrected chi connectivity index (χ2v) is 7.73. The van der Waals surface area contributed by atoms with Crippen molar-refractivity contribution >= 4 is 11.3 Å². The molecule has 1 aliphatic carbocycles. The van der Waals surface area contributed by atoms with Gasteiger partial charge >= 0.3 is 0 Å². The zero-order valence-electron chi connectivity index (χ0n) is 13.6. The summed E-state index contributed by atoms with van der Waals surface area (Å²) in [6.45, 7) is 8.17. The fourth-order valence-corrected chi connectivity index (χ4v) is 4.95. The summed E-state index contributed by atoms with van der Waals surface area (Å²) in [6, 6.07) is 1.44. The molecular weight excluding hydrogens is 276 g/mol. The van der Waals surface area contributed by atoms with E-state index in [4.69, 9.17) is 0 Å². The van der Waals surface area contributed by atoms with Crippen LogP contribution in [-0.4, -0.2) is 30.1 Å². The Hall–Kier alpha value is -0.380. The van der Waals surface area contributed by atoms with Crippen LogP contribution in [0, 0.1) is 12.8 Å². The first-order valence-electron chi connectivity index (χ1n) is 8.77. The monoisotopic (exact) mass is 306 g/mol. The van der Waals surface area contributed by atoms with Gasteiger partial charge in [-0.3, -0.25) is 4.90 Å². The average Bonchev–Trinajstić information content (AvgIpc) is 2.93. The van der Waals surface area contributed by atoms with Gasteiger partial charge in [0.2, 0.25) is 0 Å². The summed E-state index contributed by atoms with van der Waals surface area (Å²) in [7, 11) is 0. The lowest BCUT2D eigenvalue weighted by molar-refractivity contribution is 0.0873. The van der Waals surface area contributed by atoms with Crippen molar-refractivity contribution < 1.29 is 0 Å². The summed E-state index contributed by atoms with van der Waals surface area (Å²) >= 11 is 1.85. The molecule has 118 valence electrons. The van der Waals surface area contributed by atoms with Gasteiger partial charge in [0, 0.05) is 31.7 Å². The predicted octanol–water partition coefficient (Wildman–Crippen LogP) is 4.19. The standard InChI is InChI=1S/C18H30N2S/c1-3-17-9-19-18(15-7-5-4-6-8-15)11-20(17)10-16-13-21-12-14(16)2/h12-13,15,17-19H,3-11H2,1-2H3. The highest BCUT2D eigenvalue weighted by Crippen LogP contribution is 2.29. The molecule has 1 N–H and O–H groups in total. The number of nitrogens with zero attached hydrogens (tertiary/aromatic N) is 1. The highest BCUT2D eigenvalue weighted by molar-refractivity contribution is 7.08. The highest BCUT2D eigenvalue weighted by atomic mass is 32.1. The van der Waals surface area contributed by atoms with Gasteiger partial charge in [-0.2, -0.15) is 11.3 Å². The summed E-state index contributed by atoms with van der Waals surface area (Å²) in [6.07, 6.45) is 8.50. The number of piperazine rings is 1. The maximum atomic E-state index is 3.87. The fourth-order valence-electron chi connectivity index (χ4n) is 4.10. The van der Waals surface area contributed by atoms with E-state index in [0.717, 1.165) is 18.5 Å². The third-order valence-corrected chi connectivity index (χ3v) is 6.50. The Morgan fingerprint density at radius 2 is 2.05 bits per heavy atom. The van der Waals surface area contributed by atoms with Crippen molar-refractivity contribution in [3.63, 3.8) is 0 Å². The number of nitrogens with one attached hydrogen (secondary N) is 1. The van der Waals surface area contributed by atoms with Crippen LogP contribution in [-0.2, 0) is 6.54 Å². The Kier molecular flexibility index (Phi) is 5.36. The molecule has 21 heavy (non-hydrogen) atoms. The first-order valence-corrected chi connectivity index (χ1v) is 9.71. The molecule has 3 heteroatoms. The van der Waals surface area contributed by atoms with Crippen LogP contribution in [0.2, 0.25) is 0 Å². The number of hydrogen-bond acceptors (Lipinski definition) is 3. The second kappa shape index (κ2) is 7.26. The van der Waals surface area contributed by atoms with E-state index < -0.39 is 0 Å². The van der Waals surface area contributed by atoms with Gasteiger partial charge in [0.1, 0.15) is 0 Å². The number of thiophene rings is 1. The molecule has 1 saturated heterocycles. The maximum Gasteiger partial charge on any atom is 0.0248 e. The smallest absolute Gasteiger partial charge is 0.0248 e. The van der Waals surface area contributed by atoms with E-state index in [1.165, 1.54) is 57.2 Å². The van der Waals surface area contributed by atoms with Crippen molar-refractivity contribution in [2.45, 2.75) is 71.0 Å².